The minimum atomic E-state index is -0.413. The summed E-state index contributed by atoms with van der Waals surface area (Å²) in [6.07, 6.45) is 1.98. The van der Waals surface area contributed by atoms with Crippen LogP contribution in [0.25, 0.3) is 0 Å². The Balaban J connectivity index is 0.00000256. The van der Waals surface area contributed by atoms with E-state index in [1.807, 2.05) is 0 Å². The lowest BCUT2D eigenvalue weighted by Crippen LogP contribution is -2.39. The predicted octanol–water partition coefficient (Wildman–Crippen LogP) is 0.300. The van der Waals surface area contributed by atoms with Crippen molar-refractivity contribution in [2.45, 2.75) is 19.8 Å². The molecule has 0 aliphatic rings. The summed E-state index contributed by atoms with van der Waals surface area (Å²) >= 11 is 0. The standard InChI is InChI=1S/C10H18N4O2.ClH/c1-4-5-6-12-7-8(11)13(2)10(16)14(3)9(7)15;/h12H,4-6,11H2,1-3H3;1H. The third-order valence-electron chi connectivity index (χ3n) is 2.54. The van der Waals surface area contributed by atoms with Crippen LogP contribution in [-0.2, 0) is 14.1 Å². The fourth-order valence-corrected chi connectivity index (χ4v) is 1.42. The van der Waals surface area contributed by atoms with E-state index in [1.54, 1.807) is 7.05 Å². The van der Waals surface area contributed by atoms with E-state index >= 15 is 0 Å². The molecule has 98 valence electrons. The van der Waals surface area contributed by atoms with Crippen LogP contribution in [0, 0.1) is 0 Å². The van der Waals surface area contributed by atoms with Gasteiger partial charge in [-0.05, 0) is 6.42 Å². The Labute approximate surface area is 106 Å². The molecule has 7 heteroatoms. The Bertz CT molecular complexity index is 492. The van der Waals surface area contributed by atoms with E-state index in [1.165, 1.54) is 11.6 Å². The van der Waals surface area contributed by atoms with Crippen molar-refractivity contribution in [3.63, 3.8) is 0 Å². The fourth-order valence-electron chi connectivity index (χ4n) is 1.42. The predicted molar refractivity (Wildman–Crippen MR) is 72.0 cm³/mol. The number of unbranched alkanes of at least 4 members (excludes halogenated alkanes) is 1. The number of nitrogens with two attached hydrogens (primary N) is 1. The maximum absolute atomic E-state index is 11.8. The average molecular weight is 263 g/mol. The third-order valence-corrected chi connectivity index (χ3v) is 2.54. The van der Waals surface area contributed by atoms with Crippen LogP contribution in [0.2, 0.25) is 0 Å². The third kappa shape index (κ3) is 3.03. The van der Waals surface area contributed by atoms with Gasteiger partial charge in [0.25, 0.3) is 5.56 Å². The van der Waals surface area contributed by atoms with Gasteiger partial charge in [0.2, 0.25) is 0 Å². The molecular weight excluding hydrogens is 244 g/mol. The van der Waals surface area contributed by atoms with Crippen LogP contribution in [0.5, 0.6) is 0 Å². The lowest BCUT2D eigenvalue weighted by Gasteiger charge is -2.12. The number of rotatable bonds is 4. The van der Waals surface area contributed by atoms with Gasteiger partial charge in [-0.15, -0.1) is 12.4 Å². The highest BCUT2D eigenvalue weighted by molar-refractivity contribution is 5.85. The van der Waals surface area contributed by atoms with Crippen molar-refractivity contribution >= 4 is 23.9 Å². The zero-order valence-electron chi connectivity index (χ0n) is 10.3. The Morgan fingerprint density at radius 1 is 1.24 bits per heavy atom. The zero-order valence-corrected chi connectivity index (χ0v) is 11.1. The van der Waals surface area contributed by atoms with Crippen molar-refractivity contribution in [1.29, 1.82) is 0 Å². The molecule has 1 aromatic heterocycles. The molecule has 0 saturated carbocycles. The summed E-state index contributed by atoms with van der Waals surface area (Å²) in [5.74, 6) is 0.184. The second kappa shape index (κ2) is 6.34. The molecule has 0 atom stereocenters. The Morgan fingerprint density at radius 3 is 2.35 bits per heavy atom. The molecule has 0 aromatic carbocycles. The number of nitrogens with one attached hydrogen (secondary N) is 1. The van der Waals surface area contributed by atoms with Crippen molar-refractivity contribution < 1.29 is 0 Å². The first-order valence-electron chi connectivity index (χ1n) is 5.30. The van der Waals surface area contributed by atoms with E-state index in [0.29, 0.717) is 12.2 Å². The quantitative estimate of drug-likeness (QED) is 0.765. The van der Waals surface area contributed by atoms with Crippen LogP contribution < -0.4 is 22.3 Å². The van der Waals surface area contributed by atoms with Gasteiger partial charge in [-0.25, -0.2) is 4.79 Å². The molecule has 3 N–H and O–H groups in total. The highest BCUT2D eigenvalue weighted by atomic mass is 35.5. The lowest BCUT2D eigenvalue weighted by molar-refractivity contribution is 0.694. The molecule has 1 aromatic rings. The minimum Gasteiger partial charge on any atom is -0.383 e. The highest BCUT2D eigenvalue weighted by Gasteiger charge is 2.11. The number of halogens is 1. The van der Waals surface area contributed by atoms with Crippen molar-refractivity contribution in [2.75, 3.05) is 17.6 Å². The summed E-state index contributed by atoms with van der Waals surface area (Å²) in [5.41, 5.74) is 5.23. The zero-order chi connectivity index (χ0) is 12.3. The van der Waals surface area contributed by atoms with Gasteiger partial charge < -0.3 is 11.1 Å². The topological polar surface area (TPSA) is 82.0 Å². The molecule has 1 heterocycles. The average Bonchev–Trinajstić information content (AvgIpc) is 2.28. The molecule has 1 rings (SSSR count). The van der Waals surface area contributed by atoms with Gasteiger partial charge in [-0.1, -0.05) is 13.3 Å². The number of aromatic nitrogens is 2. The monoisotopic (exact) mass is 262 g/mol. The summed E-state index contributed by atoms with van der Waals surface area (Å²) < 4.78 is 2.31. The number of hydrogen-bond acceptors (Lipinski definition) is 4. The first kappa shape index (κ1) is 15.6. The van der Waals surface area contributed by atoms with Crippen LogP contribution in [0.15, 0.2) is 9.59 Å². The number of hydrogen-bond donors (Lipinski definition) is 2. The summed E-state index contributed by atoms with van der Waals surface area (Å²) in [6.45, 7) is 2.73. The molecule has 6 nitrogen and oxygen atoms in total. The Hall–Kier alpha value is -1.43. The summed E-state index contributed by atoms with van der Waals surface area (Å²) in [4.78, 5) is 23.3. The van der Waals surface area contributed by atoms with Gasteiger partial charge >= 0.3 is 5.69 Å². The second-order valence-electron chi connectivity index (χ2n) is 3.75. The molecule has 0 bridgehead atoms. The molecule has 0 spiro atoms. The molecule has 0 unspecified atom stereocenters. The fraction of sp³-hybridized carbons (Fsp3) is 0.600. The first-order chi connectivity index (χ1) is 7.50. The van der Waals surface area contributed by atoms with Gasteiger partial charge in [0.1, 0.15) is 11.5 Å². The Morgan fingerprint density at radius 2 is 1.82 bits per heavy atom. The lowest BCUT2D eigenvalue weighted by atomic mass is 10.3. The number of nitrogen functional groups attached to an aromatic ring is 1. The molecule has 0 aliphatic heterocycles. The van der Waals surface area contributed by atoms with Gasteiger partial charge in [0, 0.05) is 20.6 Å². The van der Waals surface area contributed by atoms with Crippen LogP contribution in [0.4, 0.5) is 11.5 Å². The molecule has 0 aliphatic carbocycles. The van der Waals surface area contributed by atoms with E-state index < -0.39 is 5.69 Å². The van der Waals surface area contributed by atoms with E-state index in [4.69, 9.17) is 5.73 Å². The normalized spacial score (nSPS) is 9.82. The highest BCUT2D eigenvalue weighted by Crippen LogP contribution is 2.08. The van der Waals surface area contributed by atoms with Crippen LogP contribution in [0.1, 0.15) is 19.8 Å². The molecular formula is C10H19ClN4O2. The maximum atomic E-state index is 11.8. The minimum absolute atomic E-state index is 0. The van der Waals surface area contributed by atoms with Crippen molar-refractivity contribution in [1.82, 2.24) is 9.13 Å². The van der Waals surface area contributed by atoms with Gasteiger partial charge in [0.05, 0.1) is 0 Å². The van der Waals surface area contributed by atoms with Crippen LogP contribution in [0.3, 0.4) is 0 Å². The molecule has 0 radical (unpaired) electrons. The maximum Gasteiger partial charge on any atom is 0.332 e. The number of anilines is 2. The first-order valence-corrected chi connectivity index (χ1v) is 5.30. The van der Waals surface area contributed by atoms with E-state index in [2.05, 4.69) is 12.2 Å². The Kier molecular flexibility index (Phi) is 5.81. The summed E-state index contributed by atoms with van der Waals surface area (Å²) in [5, 5.41) is 2.97. The van der Waals surface area contributed by atoms with Gasteiger partial charge in [0.15, 0.2) is 0 Å². The molecule has 0 amide bonds. The smallest absolute Gasteiger partial charge is 0.332 e. The largest absolute Gasteiger partial charge is 0.383 e. The van der Waals surface area contributed by atoms with E-state index in [9.17, 15) is 9.59 Å². The summed E-state index contributed by atoms with van der Waals surface area (Å²) in [6, 6.07) is 0. The van der Waals surface area contributed by atoms with E-state index in [0.717, 1.165) is 17.4 Å². The van der Waals surface area contributed by atoms with Gasteiger partial charge in [-0.2, -0.15) is 0 Å². The van der Waals surface area contributed by atoms with Crippen molar-refractivity contribution in [3.8, 4) is 0 Å². The summed E-state index contributed by atoms with van der Waals surface area (Å²) in [7, 11) is 2.98. The molecule has 0 fully saturated rings. The van der Waals surface area contributed by atoms with E-state index in [-0.39, 0.29) is 23.8 Å². The van der Waals surface area contributed by atoms with Crippen molar-refractivity contribution in [2.24, 2.45) is 14.1 Å². The molecule has 0 saturated heterocycles. The van der Waals surface area contributed by atoms with Crippen LogP contribution >= 0.6 is 12.4 Å². The molecule has 17 heavy (non-hydrogen) atoms. The second-order valence-corrected chi connectivity index (χ2v) is 3.75. The van der Waals surface area contributed by atoms with Crippen LogP contribution in [-0.4, -0.2) is 15.7 Å². The number of nitrogens with zero attached hydrogens (tertiary/aromatic N) is 2. The van der Waals surface area contributed by atoms with Gasteiger partial charge in [-0.3, -0.25) is 13.9 Å². The van der Waals surface area contributed by atoms with Crippen molar-refractivity contribution in [3.05, 3.63) is 20.8 Å². The SMILES string of the molecule is CCCCNc1c(N)n(C)c(=O)n(C)c1=O.Cl.